The van der Waals surface area contributed by atoms with Crippen molar-refractivity contribution in [2.45, 2.75) is 44.8 Å². The van der Waals surface area contributed by atoms with Crippen LogP contribution in [0.2, 0.25) is 0 Å². The fourth-order valence-electron chi connectivity index (χ4n) is 2.53. The van der Waals surface area contributed by atoms with Crippen molar-refractivity contribution >= 4 is 6.09 Å². The monoisotopic (exact) mass is 213 g/mol. The third kappa shape index (κ3) is 2.25. The summed E-state index contributed by atoms with van der Waals surface area (Å²) in [5, 5.41) is 0. The molecule has 1 aliphatic carbocycles. The van der Waals surface area contributed by atoms with Crippen molar-refractivity contribution in [3.05, 3.63) is 0 Å². The Bertz CT molecular complexity index is 230. The van der Waals surface area contributed by atoms with Gasteiger partial charge in [-0.25, -0.2) is 4.79 Å². The second kappa shape index (κ2) is 4.84. The van der Waals surface area contributed by atoms with E-state index in [1.165, 1.54) is 12.8 Å². The molecule has 86 valence electrons. The van der Waals surface area contributed by atoms with Crippen LogP contribution in [0.25, 0.3) is 0 Å². The predicted molar refractivity (Wildman–Crippen MR) is 55.7 cm³/mol. The van der Waals surface area contributed by atoms with Gasteiger partial charge in [0.15, 0.2) is 0 Å². The van der Waals surface area contributed by atoms with Crippen molar-refractivity contribution in [2.24, 2.45) is 0 Å². The Morgan fingerprint density at radius 1 is 1.47 bits per heavy atom. The van der Waals surface area contributed by atoms with E-state index in [1.807, 2.05) is 11.8 Å². The first-order valence-corrected chi connectivity index (χ1v) is 5.88. The highest BCUT2D eigenvalue weighted by molar-refractivity contribution is 5.68. The highest BCUT2D eigenvalue weighted by Crippen LogP contribution is 2.28. The van der Waals surface area contributed by atoms with Gasteiger partial charge < -0.3 is 14.4 Å². The molecule has 2 fully saturated rings. The number of fused-ring (bicyclic) bond motifs is 1. The van der Waals surface area contributed by atoms with Gasteiger partial charge in [-0.2, -0.15) is 0 Å². The fraction of sp³-hybridized carbons (Fsp3) is 0.909. The summed E-state index contributed by atoms with van der Waals surface area (Å²) in [5.41, 5.74) is 0. The van der Waals surface area contributed by atoms with Gasteiger partial charge in [0.1, 0.15) is 0 Å². The second-order valence-electron chi connectivity index (χ2n) is 4.15. The molecular weight excluding hydrogens is 194 g/mol. The topological polar surface area (TPSA) is 38.8 Å². The molecule has 1 heterocycles. The molecular formula is C11H19NO3. The van der Waals surface area contributed by atoms with E-state index < -0.39 is 0 Å². The van der Waals surface area contributed by atoms with Crippen LogP contribution in [0.3, 0.4) is 0 Å². The van der Waals surface area contributed by atoms with Crippen LogP contribution in [0, 0.1) is 0 Å². The van der Waals surface area contributed by atoms with Gasteiger partial charge in [0.05, 0.1) is 25.4 Å². The van der Waals surface area contributed by atoms with Gasteiger partial charge in [0.2, 0.25) is 0 Å². The van der Waals surface area contributed by atoms with Crippen molar-refractivity contribution in [3.8, 4) is 0 Å². The highest BCUT2D eigenvalue weighted by atomic mass is 16.6. The quantitative estimate of drug-likeness (QED) is 0.666. The van der Waals surface area contributed by atoms with E-state index in [0.29, 0.717) is 19.8 Å². The van der Waals surface area contributed by atoms with E-state index >= 15 is 0 Å². The Balaban J connectivity index is 2.00. The minimum Gasteiger partial charge on any atom is -0.450 e. The molecule has 4 heteroatoms. The van der Waals surface area contributed by atoms with Crippen LogP contribution in [-0.4, -0.2) is 42.9 Å². The molecule has 2 atom stereocenters. The van der Waals surface area contributed by atoms with Gasteiger partial charge in [-0.15, -0.1) is 0 Å². The molecule has 15 heavy (non-hydrogen) atoms. The molecule has 1 saturated heterocycles. The summed E-state index contributed by atoms with van der Waals surface area (Å²) in [7, 11) is 0. The van der Waals surface area contributed by atoms with Gasteiger partial charge in [-0.05, 0) is 19.8 Å². The first kappa shape index (κ1) is 10.7. The number of ether oxygens (including phenoxy) is 2. The van der Waals surface area contributed by atoms with Gasteiger partial charge >= 0.3 is 6.09 Å². The van der Waals surface area contributed by atoms with Crippen molar-refractivity contribution in [2.75, 3.05) is 19.8 Å². The van der Waals surface area contributed by atoms with Gasteiger partial charge in [0.25, 0.3) is 0 Å². The lowest BCUT2D eigenvalue weighted by atomic mass is 9.90. The maximum Gasteiger partial charge on any atom is 0.410 e. The van der Waals surface area contributed by atoms with E-state index in [-0.39, 0.29) is 18.2 Å². The molecule has 0 aromatic rings. The number of hydrogen-bond acceptors (Lipinski definition) is 3. The SMILES string of the molecule is CCOC(=O)N1CCO[C@@H]2CCCC[C@H]21. The maximum absolute atomic E-state index is 11.7. The molecule has 2 rings (SSSR count). The lowest BCUT2D eigenvalue weighted by molar-refractivity contribution is -0.0810. The van der Waals surface area contributed by atoms with Crippen LogP contribution >= 0.6 is 0 Å². The second-order valence-corrected chi connectivity index (χ2v) is 4.15. The van der Waals surface area contributed by atoms with Crippen LogP contribution in [0.4, 0.5) is 4.79 Å². The predicted octanol–water partition coefficient (Wildman–Crippen LogP) is 1.79. The van der Waals surface area contributed by atoms with E-state index in [2.05, 4.69) is 0 Å². The standard InChI is InChI=1S/C11H19NO3/c1-2-14-11(13)12-7-8-15-10-6-4-3-5-9(10)12/h9-10H,2-8H2,1H3/t9-,10-/m1/s1. The molecule has 4 nitrogen and oxygen atoms in total. The largest absolute Gasteiger partial charge is 0.450 e. The summed E-state index contributed by atoms with van der Waals surface area (Å²) in [6, 6.07) is 0.256. The molecule has 1 amide bonds. The number of morpholine rings is 1. The molecule has 0 aromatic heterocycles. The minimum absolute atomic E-state index is 0.169. The number of amides is 1. The van der Waals surface area contributed by atoms with Crippen molar-refractivity contribution in [3.63, 3.8) is 0 Å². The van der Waals surface area contributed by atoms with E-state index in [4.69, 9.17) is 9.47 Å². The Kier molecular flexibility index (Phi) is 3.46. The Hall–Kier alpha value is -0.770. The van der Waals surface area contributed by atoms with E-state index in [9.17, 15) is 4.79 Å². The summed E-state index contributed by atoms with van der Waals surface area (Å²) < 4.78 is 10.8. The number of carbonyl (C=O) groups excluding carboxylic acids is 1. The number of rotatable bonds is 1. The smallest absolute Gasteiger partial charge is 0.410 e. The average molecular weight is 213 g/mol. The lowest BCUT2D eigenvalue weighted by Gasteiger charge is -2.42. The Morgan fingerprint density at radius 2 is 2.27 bits per heavy atom. The molecule has 0 spiro atoms. The molecule has 0 N–H and O–H groups in total. The number of carbonyl (C=O) groups is 1. The first-order valence-electron chi connectivity index (χ1n) is 5.88. The van der Waals surface area contributed by atoms with Gasteiger partial charge in [0, 0.05) is 6.54 Å². The summed E-state index contributed by atoms with van der Waals surface area (Å²) in [4.78, 5) is 13.6. The van der Waals surface area contributed by atoms with Gasteiger partial charge in [-0.3, -0.25) is 0 Å². The van der Waals surface area contributed by atoms with Crippen LogP contribution < -0.4 is 0 Å². The zero-order valence-corrected chi connectivity index (χ0v) is 9.28. The van der Waals surface area contributed by atoms with Crippen molar-refractivity contribution < 1.29 is 14.3 Å². The number of nitrogens with zero attached hydrogens (tertiary/aromatic N) is 1. The molecule has 0 radical (unpaired) electrons. The van der Waals surface area contributed by atoms with E-state index in [1.54, 1.807) is 0 Å². The first-order chi connectivity index (χ1) is 7.33. The molecule has 0 aromatic carbocycles. The Morgan fingerprint density at radius 3 is 3.07 bits per heavy atom. The lowest BCUT2D eigenvalue weighted by Crippen LogP contribution is -2.54. The maximum atomic E-state index is 11.7. The average Bonchev–Trinajstić information content (AvgIpc) is 2.28. The van der Waals surface area contributed by atoms with Crippen LogP contribution in [-0.2, 0) is 9.47 Å². The molecule has 1 aliphatic heterocycles. The summed E-state index contributed by atoms with van der Waals surface area (Å²) in [5.74, 6) is 0. The van der Waals surface area contributed by atoms with E-state index in [0.717, 1.165) is 12.8 Å². The molecule has 1 saturated carbocycles. The third-order valence-corrected chi connectivity index (χ3v) is 3.23. The van der Waals surface area contributed by atoms with Gasteiger partial charge in [-0.1, -0.05) is 12.8 Å². The van der Waals surface area contributed by atoms with Crippen molar-refractivity contribution in [1.29, 1.82) is 0 Å². The molecule has 0 unspecified atom stereocenters. The van der Waals surface area contributed by atoms with Crippen molar-refractivity contribution in [1.82, 2.24) is 4.90 Å². The highest BCUT2D eigenvalue weighted by Gasteiger charge is 2.37. The zero-order valence-electron chi connectivity index (χ0n) is 9.28. The summed E-state index contributed by atoms with van der Waals surface area (Å²) in [6.07, 6.45) is 4.64. The van der Waals surface area contributed by atoms with Crippen LogP contribution in [0.1, 0.15) is 32.6 Å². The molecule has 2 aliphatic rings. The third-order valence-electron chi connectivity index (χ3n) is 3.23. The Labute approximate surface area is 90.5 Å². The zero-order chi connectivity index (χ0) is 10.7. The number of hydrogen-bond donors (Lipinski definition) is 0. The molecule has 0 bridgehead atoms. The summed E-state index contributed by atoms with van der Waals surface area (Å²) >= 11 is 0. The summed E-state index contributed by atoms with van der Waals surface area (Å²) in [6.45, 7) is 3.63. The minimum atomic E-state index is -0.169. The van der Waals surface area contributed by atoms with Crippen LogP contribution in [0.15, 0.2) is 0 Å². The fourth-order valence-corrected chi connectivity index (χ4v) is 2.53. The normalized spacial score (nSPS) is 30.9. The van der Waals surface area contributed by atoms with Crippen LogP contribution in [0.5, 0.6) is 0 Å².